The summed E-state index contributed by atoms with van der Waals surface area (Å²) in [5.74, 6) is 1.61. The fourth-order valence-electron chi connectivity index (χ4n) is 4.08. The van der Waals surface area contributed by atoms with Gasteiger partial charge in [0.2, 0.25) is 5.91 Å². The van der Waals surface area contributed by atoms with Crippen LogP contribution in [0.3, 0.4) is 0 Å². The van der Waals surface area contributed by atoms with Crippen LogP contribution in [-0.4, -0.2) is 58.7 Å². The van der Waals surface area contributed by atoms with E-state index >= 15 is 0 Å². The van der Waals surface area contributed by atoms with E-state index in [2.05, 4.69) is 15.0 Å². The van der Waals surface area contributed by atoms with Crippen molar-refractivity contribution in [3.05, 3.63) is 76.9 Å². The normalized spacial score (nSPS) is 17.2. The van der Waals surface area contributed by atoms with Gasteiger partial charge >= 0.3 is 0 Å². The lowest BCUT2D eigenvalue weighted by molar-refractivity contribution is -0.132. The third-order valence-corrected chi connectivity index (χ3v) is 5.88. The van der Waals surface area contributed by atoms with Crippen molar-refractivity contribution in [2.24, 2.45) is 0 Å². The number of nitrogens with zero attached hydrogens (tertiary/aromatic N) is 4. The molecule has 1 saturated heterocycles. The van der Waals surface area contributed by atoms with Crippen LogP contribution in [-0.2, 0) is 29.2 Å². The van der Waals surface area contributed by atoms with Crippen LogP contribution < -0.4 is 4.74 Å². The van der Waals surface area contributed by atoms with Crippen LogP contribution in [0.2, 0.25) is 0 Å². The van der Waals surface area contributed by atoms with Gasteiger partial charge in [0.1, 0.15) is 11.5 Å². The summed E-state index contributed by atoms with van der Waals surface area (Å²) < 4.78 is 16.9. The number of methoxy groups -OCH3 is 1. The average Bonchev–Trinajstić information content (AvgIpc) is 3.06. The molecule has 1 aliphatic rings. The molecular formula is C25H30N4O4. The molecule has 1 aliphatic heterocycles. The van der Waals surface area contributed by atoms with Crippen molar-refractivity contribution < 1.29 is 18.8 Å². The Balaban J connectivity index is 1.51. The van der Waals surface area contributed by atoms with Gasteiger partial charge in [-0.2, -0.15) is 0 Å². The zero-order valence-electron chi connectivity index (χ0n) is 19.4. The summed E-state index contributed by atoms with van der Waals surface area (Å²) in [6.45, 7) is 6.80. The van der Waals surface area contributed by atoms with Gasteiger partial charge in [-0.05, 0) is 43.2 Å². The fraction of sp³-hybridized carbons (Fsp3) is 0.400. The summed E-state index contributed by atoms with van der Waals surface area (Å²) in [5.41, 5.74) is 3.88. The molecule has 174 valence electrons. The molecule has 0 aliphatic carbocycles. The minimum Gasteiger partial charge on any atom is -0.497 e. The molecule has 8 nitrogen and oxygen atoms in total. The Labute approximate surface area is 194 Å². The molecule has 1 aromatic carbocycles. The van der Waals surface area contributed by atoms with Gasteiger partial charge in [0.05, 0.1) is 32.1 Å². The minimum atomic E-state index is -0.160. The first-order chi connectivity index (χ1) is 16.0. The lowest BCUT2D eigenvalue weighted by Crippen LogP contribution is -2.37. The number of hydrogen-bond donors (Lipinski definition) is 0. The Morgan fingerprint density at radius 2 is 1.97 bits per heavy atom. The molecule has 0 N–H and O–H groups in total. The van der Waals surface area contributed by atoms with Crippen molar-refractivity contribution in [3.63, 3.8) is 0 Å². The Kier molecular flexibility index (Phi) is 7.36. The van der Waals surface area contributed by atoms with Crippen molar-refractivity contribution in [1.29, 1.82) is 0 Å². The molecule has 2 aromatic heterocycles. The van der Waals surface area contributed by atoms with Crippen LogP contribution in [0.15, 0.2) is 53.3 Å². The van der Waals surface area contributed by atoms with E-state index in [9.17, 15) is 4.79 Å². The van der Waals surface area contributed by atoms with Gasteiger partial charge in [0.15, 0.2) is 0 Å². The standard InChI is InChI=1S/C25H30N4O4/c1-18-24(19(2)33-27-18)17-32-23-14-28(12-21-7-5-9-26-11-21)16-25(30)29(15-23)13-20-6-4-8-22(10-20)31-3/h4-11,23H,12-17H2,1-3H3/t23-/m0/s1. The first-order valence-corrected chi connectivity index (χ1v) is 11.1. The second-order valence-electron chi connectivity index (χ2n) is 8.39. The van der Waals surface area contributed by atoms with Crippen molar-refractivity contribution in [1.82, 2.24) is 19.9 Å². The predicted molar refractivity (Wildman–Crippen MR) is 122 cm³/mol. The highest BCUT2D eigenvalue weighted by atomic mass is 16.5. The van der Waals surface area contributed by atoms with E-state index in [0.717, 1.165) is 33.9 Å². The average molecular weight is 451 g/mol. The molecule has 0 bridgehead atoms. The maximum atomic E-state index is 13.2. The number of carbonyl (C=O) groups excluding carboxylic acids is 1. The van der Waals surface area contributed by atoms with Gasteiger partial charge in [-0.1, -0.05) is 23.4 Å². The fourth-order valence-corrected chi connectivity index (χ4v) is 4.08. The van der Waals surface area contributed by atoms with Crippen molar-refractivity contribution >= 4 is 5.91 Å². The Morgan fingerprint density at radius 3 is 2.70 bits per heavy atom. The Bertz CT molecular complexity index is 1050. The SMILES string of the molecule is COc1cccc(CN2C[C@@H](OCc3c(C)noc3C)CN(Cc3cccnc3)CC2=O)c1. The molecule has 8 heteroatoms. The number of ether oxygens (including phenoxy) is 2. The highest BCUT2D eigenvalue weighted by Crippen LogP contribution is 2.20. The van der Waals surface area contributed by atoms with Crippen LogP contribution >= 0.6 is 0 Å². The third-order valence-electron chi connectivity index (χ3n) is 5.88. The van der Waals surface area contributed by atoms with Gasteiger partial charge < -0.3 is 18.9 Å². The molecule has 3 heterocycles. The summed E-state index contributed by atoms with van der Waals surface area (Å²) >= 11 is 0. The van der Waals surface area contributed by atoms with E-state index in [4.69, 9.17) is 14.0 Å². The van der Waals surface area contributed by atoms with Crippen LogP contribution in [0.1, 0.15) is 28.1 Å². The smallest absolute Gasteiger partial charge is 0.237 e. The monoisotopic (exact) mass is 450 g/mol. The van der Waals surface area contributed by atoms with E-state index in [1.165, 1.54) is 0 Å². The molecule has 0 spiro atoms. The predicted octanol–water partition coefficient (Wildman–Crippen LogP) is 3.12. The molecule has 33 heavy (non-hydrogen) atoms. The number of rotatable bonds is 8. The van der Waals surface area contributed by atoms with Crippen LogP contribution in [0, 0.1) is 13.8 Å². The second-order valence-corrected chi connectivity index (χ2v) is 8.39. The lowest BCUT2D eigenvalue weighted by atomic mass is 10.2. The topological polar surface area (TPSA) is 80.9 Å². The number of aromatic nitrogens is 2. The quantitative estimate of drug-likeness (QED) is 0.522. The highest BCUT2D eigenvalue weighted by Gasteiger charge is 2.29. The maximum absolute atomic E-state index is 13.2. The Hall–Kier alpha value is -3.23. The van der Waals surface area contributed by atoms with E-state index in [1.807, 2.05) is 61.3 Å². The largest absolute Gasteiger partial charge is 0.497 e. The molecule has 0 saturated carbocycles. The second kappa shape index (κ2) is 10.6. The summed E-state index contributed by atoms with van der Waals surface area (Å²) in [6.07, 6.45) is 3.43. The van der Waals surface area contributed by atoms with Gasteiger partial charge in [0.25, 0.3) is 0 Å². The number of benzene rings is 1. The first-order valence-electron chi connectivity index (χ1n) is 11.1. The zero-order valence-corrected chi connectivity index (χ0v) is 19.4. The summed E-state index contributed by atoms with van der Waals surface area (Å²) in [6, 6.07) is 11.8. The third kappa shape index (κ3) is 5.97. The van der Waals surface area contributed by atoms with Gasteiger partial charge in [0, 0.05) is 44.1 Å². The number of carbonyl (C=O) groups is 1. The summed E-state index contributed by atoms with van der Waals surface area (Å²) in [5, 5.41) is 4.02. The summed E-state index contributed by atoms with van der Waals surface area (Å²) in [7, 11) is 1.64. The maximum Gasteiger partial charge on any atom is 0.237 e. The molecule has 0 unspecified atom stereocenters. The van der Waals surface area contributed by atoms with Crippen molar-refractivity contribution in [2.75, 3.05) is 26.7 Å². The van der Waals surface area contributed by atoms with E-state index in [1.54, 1.807) is 13.3 Å². The number of aryl methyl sites for hydroxylation is 2. The molecule has 3 aromatic rings. The van der Waals surface area contributed by atoms with Crippen molar-refractivity contribution in [2.45, 2.75) is 39.6 Å². The first kappa shape index (κ1) is 22.9. The molecule has 1 atom stereocenters. The minimum absolute atomic E-state index is 0.0742. The van der Waals surface area contributed by atoms with Crippen LogP contribution in [0.4, 0.5) is 0 Å². The van der Waals surface area contributed by atoms with Gasteiger partial charge in [-0.15, -0.1) is 0 Å². The molecule has 1 fully saturated rings. The van der Waals surface area contributed by atoms with Crippen molar-refractivity contribution in [3.8, 4) is 5.75 Å². The molecule has 0 radical (unpaired) electrons. The number of pyridine rings is 1. The van der Waals surface area contributed by atoms with E-state index in [-0.39, 0.29) is 12.0 Å². The molecule has 1 amide bonds. The van der Waals surface area contributed by atoms with Crippen LogP contribution in [0.25, 0.3) is 0 Å². The molecule has 4 rings (SSSR count). The number of hydrogen-bond acceptors (Lipinski definition) is 7. The van der Waals surface area contributed by atoms with Gasteiger partial charge in [-0.25, -0.2) is 0 Å². The lowest BCUT2D eigenvalue weighted by Gasteiger charge is -2.25. The van der Waals surface area contributed by atoms with Crippen LogP contribution in [0.5, 0.6) is 5.75 Å². The Morgan fingerprint density at radius 1 is 1.12 bits per heavy atom. The van der Waals surface area contributed by atoms with E-state index in [0.29, 0.717) is 39.3 Å². The number of amides is 1. The van der Waals surface area contributed by atoms with E-state index < -0.39 is 0 Å². The van der Waals surface area contributed by atoms with Gasteiger partial charge in [-0.3, -0.25) is 14.7 Å². The zero-order chi connectivity index (χ0) is 23.2. The summed E-state index contributed by atoms with van der Waals surface area (Å²) in [4.78, 5) is 21.4. The highest BCUT2D eigenvalue weighted by molar-refractivity contribution is 5.78. The molecular weight excluding hydrogens is 420 g/mol.